The van der Waals surface area contributed by atoms with Crippen molar-refractivity contribution >= 4 is 5.82 Å². The summed E-state index contributed by atoms with van der Waals surface area (Å²) in [4.78, 5) is 6.80. The van der Waals surface area contributed by atoms with E-state index in [9.17, 15) is 5.11 Å². The lowest BCUT2D eigenvalue weighted by molar-refractivity contribution is 0.0464. The summed E-state index contributed by atoms with van der Waals surface area (Å²) in [6.07, 6.45) is 1.73. The maximum absolute atomic E-state index is 9.34. The van der Waals surface area contributed by atoms with Gasteiger partial charge in [-0.05, 0) is 44.2 Å². The highest BCUT2D eigenvalue weighted by Crippen LogP contribution is 2.30. The summed E-state index contributed by atoms with van der Waals surface area (Å²) in [5.41, 5.74) is 9.20. The second-order valence-corrected chi connectivity index (χ2v) is 5.46. The van der Waals surface area contributed by atoms with Crippen LogP contribution in [0.25, 0.3) is 0 Å². The van der Waals surface area contributed by atoms with E-state index in [4.69, 9.17) is 5.73 Å². The average Bonchev–Trinajstić information content (AvgIpc) is 2.26. The highest BCUT2D eigenvalue weighted by atomic mass is 16.3. The summed E-state index contributed by atoms with van der Waals surface area (Å²) in [5, 5.41) is 9.34. The van der Waals surface area contributed by atoms with Crippen LogP contribution in [0.4, 0.5) is 5.82 Å². The smallest absolute Gasteiger partial charge is 0.133 e. The second-order valence-electron chi connectivity index (χ2n) is 5.46. The molecule has 3 N–H and O–H groups in total. The van der Waals surface area contributed by atoms with Gasteiger partial charge in [0.1, 0.15) is 5.82 Å². The average molecular weight is 249 g/mol. The highest BCUT2D eigenvalue weighted by Gasteiger charge is 2.28. The Hall–Kier alpha value is -1.13. The van der Waals surface area contributed by atoms with Crippen LogP contribution in [0.2, 0.25) is 0 Å². The molecule has 1 aromatic rings. The fourth-order valence-electron chi connectivity index (χ4n) is 2.73. The standard InChI is InChI=1S/C14H23N3O/c1-9-4-10(2)16-14(13(9)7-15)17(3)8-11-5-12(18)6-11/h4,11-12,18H,5-8,15H2,1-3H3. The van der Waals surface area contributed by atoms with Gasteiger partial charge in [-0.15, -0.1) is 0 Å². The molecule has 0 aromatic carbocycles. The summed E-state index contributed by atoms with van der Waals surface area (Å²) in [6.45, 7) is 5.56. The maximum Gasteiger partial charge on any atom is 0.133 e. The van der Waals surface area contributed by atoms with Gasteiger partial charge in [0, 0.05) is 31.4 Å². The van der Waals surface area contributed by atoms with Gasteiger partial charge in [0.2, 0.25) is 0 Å². The van der Waals surface area contributed by atoms with Gasteiger partial charge in [-0.1, -0.05) is 0 Å². The summed E-state index contributed by atoms with van der Waals surface area (Å²) in [5.74, 6) is 1.58. The molecular weight excluding hydrogens is 226 g/mol. The van der Waals surface area contributed by atoms with E-state index in [-0.39, 0.29) is 6.10 Å². The number of aromatic nitrogens is 1. The molecule has 4 nitrogen and oxygen atoms in total. The second kappa shape index (κ2) is 5.24. The predicted octanol–water partition coefficient (Wildman–Crippen LogP) is 1.36. The van der Waals surface area contributed by atoms with Crippen molar-refractivity contribution in [3.63, 3.8) is 0 Å². The highest BCUT2D eigenvalue weighted by molar-refractivity contribution is 5.51. The van der Waals surface area contributed by atoms with Crippen molar-refractivity contribution in [3.05, 3.63) is 22.9 Å². The molecule has 2 rings (SSSR count). The lowest BCUT2D eigenvalue weighted by Gasteiger charge is -2.35. The number of aryl methyl sites for hydroxylation is 2. The van der Waals surface area contributed by atoms with Gasteiger partial charge >= 0.3 is 0 Å². The molecule has 0 bridgehead atoms. The van der Waals surface area contributed by atoms with E-state index in [0.29, 0.717) is 12.5 Å². The van der Waals surface area contributed by atoms with Crippen molar-refractivity contribution in [3.8, 4) is 0 Å². The fourth-order valence-corrected chi connectivity index (χ4v) is 2.73. The van der Waals surface area contributed by atoms with Crippen molar-refractivity contribution in [2.24, 2.45) is 11.7 Å². The van der Waals surface area contributed by atoms with E-state index in [2.05, 4.69) is 29.9 Å². The first-order valence-electron chi connectivity index (χ1n) is 6.57. The number of rotatable bonds is 4. The predicted molar refractivity (Wildman–Crippen MR) is 73.6 cm³/mol. The minimum absolute atomic E-state index is 0.0930. The molecule has 0 unspecified atom stereocenters. The summed E-state index contributed by atoms with van der Waals surface area (Å²) in [6, 6.07) is 2.08. The molecule has 0 spiro atoms. The zero-order valence-electron chi connectivity index (χ0n) is 11.5. The molecule has 0 radical (unpaired) electrons. The molecule has 1 saturated carbocycles. The Morgan fingerprint density at radius 3 is 2.67 bits per heavy atom. The van der Waals surface area contributed by atoms with E-state index in [0.717, 1.165) is 36.5 Å². The van der Waals surface area contributed by atoms with E-state index in [1.165, 1.54) is 5.56 Å². The van der Waals surface area contributed by atoms with Gasteiger partial charge < -0.3 is 15.7 Å². The third-order valence-corrected chi connectivity index (χ3v) is 3.76. The number of nitrogens with zero attached hydrogens (tertiary/aromatic N) is 2. The zero-order valence-corrected chi connectivity index (χ0v) is 11.5. The number of pyridine rings is 1. The van der Waals surface area contributed by atoms with Crippen LogP contribution in [0.5, 0.6) is 0 Å². The normalized spacial score (nSPS) is 22.7. The van der Waals surface area contributed by atoms with Gasteiger partial charge in [0.05, 0.1) is 6.10 Å². The zero-order chi connectivity index (χ0) is 13.3. The Kier molecular flexibility index (Phi) is 3.88. The van der Waals surface area contributed by atoms with Gasteiger partial charge in [-0.25, -0.2) is 4.98 Å². The van der Waals surface area contributed by atoms with Gasteiger partial charge in [-0.3, -0.25) is 0 Å². The molecule has 1 aliphatic carbocycles. The van der Waals surface area contributed by atoms with Crippen LogP contribution in [-0.4, -0.2) is 29.8 Å². The Morgan fingerprint density at radius 1 is 1.44 bits per heavy atom. The summed E-state index contributed by atoms with van der Waals surface area (Å²) < 4.78 is 0. The molecule has 1 heterocycles. The molecule has 4 heteroatoms. The van der Waals surface area contributed by atoms with Gasteiger partial charge in [-0.2, -0.15) is 0 Å². The van der Waals surface area contributed by atoms with Crippen molar-refractivity contribution in [2.45, 2.75) is 39.3 Å². The molecular formula is C14H23N3O. The molecule has 1 fully saturated rings. The van der Waals surface area contributed by atoms with Gasteiger partial charge in [0.15, 0.2) is 0 Å². The Balaban J connectivity index is 2.15. The first-order valence-corrected chi connectivity index (χ1v) is 6.57. The van der Waals surface area contributed by atoms with E-state index < -0.39 is 0 Å². The van der Waals surface area contributed by atoms with Crippen LogP contribution in [0.1, 0.15) is 29.7 Å². The van der Waals surface area contributed by atoms with E-state index in [1.807, 2.05) is 6.92 Å². The molecule has 0 atom stereocenters. The first-order chi connectivity index (χ1) is 8.51. The molecule has 1 aromatic heterocycles. The fraction of sp³-hybridized carbons (Fsp3) is 0.643. The number of nitrogens with two attached hydrogens (primary N) is 1. The molecule has 0 amide bonds. The van der Waals surface area contributed by atoms with Crippen molar-refractivity contribution in [1.82, 2.24) is 4.98 Å². The number of hydrogen-bond acceptors (Lipinski definition) is 4. The van der Waals surface area contributed by atoms with Crippen LogP contribution < -0.4 is 10.6 Å². The molecule has 18 heavy (non-hydrogen) atoms. The van der Waals surface area contributed by atoms with Crippen LogP contribution in [-0.2, 0) is 6.54 Å². The lowest BCUT2D eigenvalue weighted by atomic mass is 9.82. The monoisotopic (exact) mass is 249 g/mol. The third kappa shape index (κ3) is 2.65. The van der Waals surface area contributed by atoms with Crippen molar-refractivity contribution in [2.75, 3.05) is 18.5 Å². The molecule has 1 aliphatic rings. The first kappa shape index (κ1) is 13.3. The summed E-state index contributed by atoms with van der Waals surface area (Å²) >= 11 is 0. The van der Waals surface area contributed by atoms with Gasteiger partial charge in [0.25, 0.3) is 0 Å². The van der Waals surface area contributed by atoms with E-state index >= 15 is 0 Å². The minimum atomic E-state index is -0.0930. The quantitative estimate of drug-likeness (QED) is 0.846. The van der Waals surface area contributed by atoms with E-state index in [1.54, 1.807) is 0 Å². The Bertz CT molecular complexity index is 427. The SMILES string of the molecule is Cc1cc(C)c(CN)c(N(C)CC2CC(O)C2)n1. The third-order valence-electron chi connectivity index (χ3n) is 3.76. The summed E-state index contributed by atoms with van der Waals surface area (Å²) in [7, 11) is 2.06. The molecule has 100 valence electrons. The number of hydrogen-bond donors (Lipinski definition) is 2. The Morgan fingerprint density at radius 2 is 2.11 bits per heavy atom. The minimum Gasteiger partial charge on any atom is -0.393 e. The number of aliphatic hydroxyl groups is 1. The molecule has 0 saturated heterocycles. The number of anilines is 1. The topological polar surface area (TPSA) is 62.4 Å². The largest absolute Gasteiger partial charge is 0.393 e. The van der Waals surface area contributed by atoms with Crippen LogP contribution in [0, 0.1) is 19.8 Å². The van der Waals surface area contributed by atoms with Crippen LogP contribution in [0.15, 0.2) is 6.07 Å². The molecule has 0 aliphatic heterocycles. The van der Waals surface area contributed by atoms with Crippen LogP contribution >= 0.6 is 0 Å². The lowest BCUT2D eigenvalue weighted by Crippen LogP contribution is -2.37. The van der Waals surface area contributed by atoms with Crippen molar-refractivity contribution in [1.29, 1.82) is 0 Å². The van der Waals surface area contributed by atoms with Crippen LogP contribution in [0.3, 0.4) is 0 Å². The Labute approximate surface area is 109 Å². The maximum atomic E-state index is 9.34. The van der Waals surface area contributed by atoms with Crippen molar-refractivity contribution < 1.29 is 5.11 Å². The number of aliphatic hydroxyl groups excluding tert-OH is 1.